The van der Waals surface area contributed by atoms with E-state index in [1.54, 1.807) is 17.5 Å². The number of carbonyl (C=O) groups is 2. The van der Waals surface area contributed by atoms with Crippen molar-refractivity contribution < 1.29 is 19.1 Å². The first-order valence-electron chi connectivity index (χ1n) is 6.22. The van der Waals surface area contributed by atoms with Crippen LogP contribution in [-0.4, -0.2) is 29.6 Å². The Balaban J connectivity index is 1.75. The van der Waals surface area contributed by atoms with E-state index in [4.69, 9.17) is 21.1 Å². The Hall–Kier alpha value is -1.92. The molecular weight excluding hydrogens is 314 g/mol. The zero-order chi connectivity index (χ0) is 14.8. The molecule has 1 aliphatic heterocycles. The van der Waals surface area contributed by atoms with Crippen molar-refractivity contribution in [2.24, 2.45) is 0 Å². The number of cyclic esters (lactones) is 1. The quantitative estimate of drug-likeness (QED) is 0.812. The first-order valence-corrected chi connectivity index (χ1v) is 7.48. The van der Waals surface area contributed by atoms with Crippen LogP contribution in [0.5, 0.6) is 0 Å². The van der Waals surface area contributed by atoms with Crippen molar-refractivity contribution in [3.05, 3.63) is 40.4 Å². The van der Waals surface area contributed by atoms with Crippen LogP contribution in [0.25, 0.3) is 10.6 Å². The number of nitrogens with zero attached hydrogens (tertiary/aromatic N) is 1. The molecule has 5 nitrogen and oxygen atoms in total. The normalized spacial score (nSPS) is 17.6. The maximum Gasteiger partial charge on any atom is 0.358 e. The van der Waals surface area contributed by atoms with E-state index in [1.165, 1.54) is 11.3 Å². The highest BCUT2D eigenvalue weighted by atomic mass is 35.5. The minimum absolute atomic E-state index is 0.176. The van der Waals surface area contributed by atoms with Crippen LogP contribution in [0.2, 0.25) is 5.02 Å². The van der Waals surface area contributed by atoms with Crippen molar-refractivity contribution in [2.45, 2.75) is 12.5 Å². The summed E-state index contributed by atoms with van der Waals surface area (Å²) >= 11 is 7.24. The summed E-state index contributed by atoms with van der Waals surface area (Å²) in [7, 11) is 0. The predicted octanol–water partition coefficient (Wildman–Crippen LogP) is 2.94. The Morgan fingerprint density at radius 1 is 1.48 bits per heavy atom. The summed E-state index contributed by atoms with van der Waals surface area (Å²) in [5.74, 6) is -1.13. The highest BCUT2D eigenvalue weighted by Gasteiger charge is 2.31. The zero-order valence-electron chi connectivity index (χ0n) is 10.7. The van der Waals surface area contributed by atoms with Gasteiger partial charge in [0, 0.05) is 22.4 Å². The van der Waals surface area contributed by atoms with E-state index in [9.17, 15) is 9.59 Å². The molecular formula is C14H10ClNO4S. The number of esters is 2. The van der Waals surface area contributed by atoms with Gasteiger partial charge in [-0.3, -0.25) is 0 Å². The Morgan fingerprint density at radius 2 is 2.33 bits per heavy atom. The maximum atomic E-state index is 11.9. The Morgan fingerprint density at radius 3 is 3.05 bits per heavy atom. The number of benzene rings is 1. The van der Waals surface area contributed by atoms with Crippen LogP contribution in [0.1, 0.15) is 16.9 Å². The highest BCUT2D eigenvalue weighted by Crippen LogP contribution is 2.26. The van der Waals surface area contributed by atoms with Gasteiger partial charge in [-0.15, -0.1) is 11.3 Å². The molecule has 2 aromatic rings. The molecule has 1 aromatic heterocycles. The summed E-state index contributed by atoms with van der Waals surface area (Å²) in [5.41, 5.74) is 1.00. The lowest BCUT2D eigenvalue weighted by atomic mass is 10.2. The molecule has 1 fully saturated rings. The van der Waals surface area contributed by atoms with Crippen molar-refractivity contribution in [1.29, 1.82) is 0 Å². The second-order valence-corrected chi connectivity index (χ2v) is 5.69. The van der Waals surface area contributed by atoms with E-state index < -0.39 is 18.0 Å². The number of aromatic nitrogens is 1. The van der Waals surface area contributed by atoms with Gasteiger partial charge in [-0.25, -0.2) is 14.6 Å². The number of hydrogen-bond donors (Lipinski definition) is 0. The second kappa shape index (κ2) is 5.83. The van der Waals surface area contributed by atoms with E-state index in [2.05, 4.69) is 4.98 Å². The van der Waals surface area contributed by atoms with Gasteiger partial charge in [0.15, 0.2) is 5.69 Å². The van der Waals surface area contributed by atoms with Crippen LogP contribution in [0.4, 0.5) is 0 Å². The molecule has 0 radical (unpaired) electrons. The van der Waals surface area contributed by atoms with Crippen molar-refractivity contribution in [1.82, 2.24) is 4.98 Å². The van der Waals surface area contributed by atoms with Gasteiger partial charge >= 0.3 is 11.9 Å². The zero-order valence-corrected chi connectivity index (χ0v) is 12.3. The molecule has 0 aliphatic carbocycles. The van der Waals surface area contributed by atoms with Crippen molar-refractivity contribution in [2.75, 3.05) is 6.61 Å². The molecule has 0 spiro atoms. The SMILES string of the molecule is O=C(O[C@H]1CCOC1=O)c1csc(-c2cccc(Cl)c2)n1. The number of rotatable bonds is 3. The Kier molecular flexibility index (Phi) is 3.90. The molecule has 0 unspecified atom stereocenters. The van der Waals surface area contributed by atoms with Gasteiger partial charge in [0.05, 0.1) is 6.61 Å². The third kappa shape index (κ3) is 3.06. The molecule has 0 N–H and O–H groups in total. The summed E-state index contributed by atoms with van der Waals surface area (Å²) in [4.78, 5) is 27.4. The first kappa shape index (κ1) is 14.0. The van der Waals surface area contributed by atoms with Gasteiger partial charge in [-0.2, -0.15) is 0 Å². The molecule has 21 heavy (non-hydrogen) atoms. The highest BCUT2D eigenvalue weighted by molar-refractivity contribution is 7.13. The molecule has 0 amide bonds. The fourth-order valence-electron chi connectivity index (χ4n) is 1.90. The third-order valence-corrected chi connectivity index (χ3v) is 4.05. The average molecular weight is 324 g/mol. The number of carbonyl (C=O) groups excluding carboxylic acids is 2. The monoisotopic (exact) mass is 323 g/mol. The van der Waals surface area contributed by atoms with Gasteiger partial charge in [0.25, 0.3) is 0 Å². The maximum absolute atomic E-state index is 11.9. The molecule has 1 atom stereocenters. The topological polar surface area (TPSA) is 65.5 Å². The van der Waals surface area contributed by atoms with Gasteiger partial charge < -0.3 is 9.47 Å². The fraction of sp³-hybridized carbons (Fsp3) is 0.214. The molecule has 1 aliphatic rings. The lowest BCUT2D eigenvalue weighted by Gasteiger charge is -2.05. The minimum Gasteiger partial charge on any atom is -0.463 e. The number of halogens is 1. The number of ether oxygens (including phenoxy) is 2. The number of thiazole rings is 1. The summed E-state index contributed by atoms with van der Waals surface area (Å²) in [5, 5.41) is 2.86. The average Bonchev–Trinajstić information content (AvgIpc) is 3.09. The molecule has 0 bridgehead atoms. The van der Waals surface area contributed by atoms with E-state index in [0.717, 1.165) is 5.56 Å². The van der Waals surface area contributed by atoms with Gasteiger partial charge in [0.1, 0.15) is 5.01 Å². The Labute approximate surface area is 129 Å². The first-order chi connectivity index (χ1) is 10.1. The van der Waals surface area contributed by atoms with Crippen LogP contribution >= 0.6 is 22.9 Å². The van der Waals surface area contributed by atoms with E-state index in [0.29, 0.717) is 16.5 Å². The third-order valence-electron chi connectivity index (χ3n) is 2.92. The predicted molar refractivity (Wildman–Crippen MR) is 77.3 cm³/mol. The van der Waals surface area contributed by atoms with Crippen LogP contribution < -0.4 is 0 Å². The molecule has 2 heterocycles. The smallest absolute Gasteiger partial charge is 0.358 e. The van der Waals surface area contributed by atoms with Gasteiger partial charge in [-0.05, 0) is 12.1 Å². The molecule has 3 rings (SSSR count). The summed E-state index contributed by atoms with van der Waals surface area (Å²) in [6.45, 7) is 0.279. The largest absolute Gasteiger partial charge is 0.463 e. The second-order valence-electron chi connectivity index (χ2n) is 4.40. The minimum atomic E-state index is -0.825. The van der Waals surface area contributed by atoms with Crippen LogP contribution in [0, 0.1) is 0 Å². The van der Waals surface area contributed by atoms with Crippen molar-refractivity contribution in [3.8, 4) is 10.6 Å². The molecule has 1 aromatic carbocycles. The summed E-state index contributed by atoms with van der Waals surface area (Å²) in [6, 6.07) is 7.20. The van der Waals surface area contributed by atoms with E-state index in [-0.39, 0.29) is 12.3 Å². The van der Waals surface area contributed by atoms with Crippen LogP contribution in [-0.2, 0) is 14.3 Å². The van der Waals surface area contributed by atoms with Crippen LogP contribution in [0.15, 0.2) is 29.6 Å². The lowest BCUT2D eigenvalue weighted by molar-refractivity contribution is -0.145. The van der Waals surface area contributed by atoms with E-state index >= 15 is 0 Å². The summed E-state index contributed by atoms with van der Waals surface area (Å²) in [6.07, 6.45) is -0.440. The lowest BCUT2D eigenvalue weighted by Crippen LogP contribution is -2.22. The summed E-state index contributed by atoms with van der Waals surface area (Å²) < 4.78 is 9.83. The van der Waals surface area contributed by atoms with Gasteiger partial charge in [-0.1, -0.05) is 23.7 Å². The Bertz CT molecular complexity index is 700. The van der Waals surface area contributed by atoms with Crippen molar-refractivity contribution >= 4 is 34.9 Å². The molecule has 108 valence electrons. The van der Waals surface area contributed by atoms with Crippen molar-refractivity contribution in [3.63, 3.8) is 0 Å². The fourth-order valence-corrected chi connectivity index (χ4v) is 2.87. The van der Waals surface area contributed by atoms with Gasteiger partial charge in [0.2, 0.25) is 6.10 Å². The van der Waals surface area contributed by atoms with E-state index in [1.807, 2.05) is 12.1 Å². The molecule has 1 saturated heterocycles. The standard InChI is InChI=1S/C14H10ClNO4S/c15-9-3-1-2-8(6-9)12-16-10(7-21-12)13(17)20-11-4-5-19-14(11)18/h1-3,6-7,11H,4-5H2/t11-/m0/s1. The number of hydrogen-bond acceptors (Lipinski definition) is 6. The molecule has 7 heteroatoms. The molecule has 0 saturated carbocycles. The van der Waals surface area contributed by atoms with Crippen LogP contribution in [0.3, 0.4) is 0 Å².